The van der Waals surface area contributed by atoms with E-state index in [1.165, 1.54) is 18.2 Å². The van der Waals surface area contributed by atoms with E-state index in [4.69, 9.17) is 0 Å². The van der Waals surface area contributed by atoms with E-state index in [0.29, 0.717) is 0 Å². The molecule has 2 rings (SSSR count). The highest BCUT2D eigenvalue weighted by atomic mass is 19.3. The average molecular weight is 284 g/mol. The van der Waals surface area contributed by atoms with Gasteiger partial charge < -0.3 is 4.74 Å². The molecule has 0 spiro atoms. The third kappa shape index (κ3) is 3.14. The Balaban J connectivity index is 2.30. The number of ether oxygens (including phenoxy) is 1. The maximum absolute atomic E-state index is 13.1. The summed E-state index contributed by atoms with van der Waals surface area (Å²) < 4.78 is 54.2. The van der Waals surface area contributed by atoms with Crippen LogP contribution in [0.1, 0.15) is 15.9 Å². The van der Waals surface area contributed by atoms with Gasteiger partial charge in [-0.05, 0) is 30.3 Å². The number of hydrogen-bond donors (Lipinski definition) is 0. The van der Waals surface area contributed by atoms with Crippen molar-refractivity contribution in [2.24, 2.45) is 0 Å². The summed E-state index contributed by atoms with van der Waals surface area (Å²) in [5.74, 6) is -3.04. The van der Waals surface area contributed by atoms with Crippen molar-refractivity contribution < 1.29 is 27.1 Å². The minimum Gasteiger partial charge on any atom is -0.435 e. The molecule has 0 aliphatic rings. The molecule has 0 radical (unpaired) electrons. The van der Waals surface area contributed by atoms with E-state index in [1.54, 1.807) is 0 Å². The van der Waals surface area contributed by atoms with Crippen LogP contribution in [0, 0.1) is 11.6 Å². The third-order valence-electron chi connectivity index (χ3n) is 2.50. The first-order chi connectivity index (χ1) is 9.47. The monoisotopic (exact) mass is 284 g/mol. The minimum absolute atomic E-state index is 0.0363. The number of carbonyl (C=O) groups excluding carboxylic acids is 1. The van der Waals surface area contributed by atoms with Crippen LogP contribution in [0.15, 0.2) is 42.5 Å². The van der Waals surface area contributed by atoms with E-state index in [9.17, 15) is 22.4 Å². The lowest BCUT2D eigenvalue weighted by Gasteiger charge is -2.06. The number of ketones is 1. The number of benzene rings is 2. The first-order valence-electron chi connectivity index (χ1n) is 5.52. The normalized spacial score (nSPS) is 10.7. The fraction of sp³-hybridized carbons (Fsp3) is 0.0714. The van der Waals surface area contributed by atoms with Crippen LogP contribution in [0.3, 0.4) is 0 Å². The predicted molar refractivity (Wildman–Crippen MR) is 62.9 cm³/mol. The van der Waals surface area contributed by atoms with Gasteiger partial charge in [-0.15, -0.1) is 0 Å². The molecule has 0 aliphatic carbocycles. The van der Waals surface area contributed by atoms with E-state index in [1.807, 2.05) is 0 Å². The summed E-state index contributed by atoms with van der Waals surface area (Å²) in [7, 11) is 0. The van der Waals surface area contributed by atoms with Crippen molar-refractivity contribution in [3.63, 3.8) is 0 Å². The van der Waals surface area contributed by atoms with Gasteiger partial charge in [0.2, 0.25) is 0 Å². The number of hydrogen-bond acceptors (Lipinski definition) is 2. The number of carbonyl (C=O) groups is 1. The molecule has 0 amide bonds. The molecule has 0 N–H and O–H groups in total. The van der Waals surface area contributed by atoms with Gasteiger partial charge in [0.25, 0.3) is 0 Å². The minimum atomic E-state index is -3.01. The van der Waals surface area contributed by atoms with Crippen LogP contribution in [0.2, 0.25) is 0 Å². The summed E-state index contributed by atoms with van der Waals surface area (Å²) in [5.41, 5.74) is -0.0488. The zero-order valence-corrected chi connectivity index (χ0v) is 9.95. The fourth-order valence-corrected chi connectivity index (χ4v) is 1.62. The Morgan fingerprint density at radius 1 is 0.950 bits per heavy atom. The van der Waals surface area contributed by atoms with E-state index < -0.39 is 24.0 Å². The molecule has 0 aliphatic heterocycles. The Kier molecular flexibility index (Phi) is 4.02. The maximum atomic E-state index is 13.1. The molecule has 0 heterocycles. The zero-order chi connectivity index (χ0) is 14.7. The van der Waals surface area contributed by atoms with Gasteiger partial charge in [-0.3, -0.25) is 4.79 Å². The second-order valence-corrected chi connectivity index (χ2v) is 3.86. The van der Waals surface area contributed by atoms with Crippen LogP contribution in [-0.4, -0.2) is 12.4 Å². The molecule has 20 heavy (non-hydrogen) atoms. The van der Waals surface area contributed by atoms with E-state index in [2.05, 4.69) is 4.74 Å². The Morgan fingerprint density at radius 2 is 1.65 bits per heavy atom. The second-order valence-electron chi connectivity index (χ2n) is 3.86. The Bertz CT molecular complexity index is 641. The highest BCUT2D eigenvalue weighted by Gasteiger charge is 2.13. The molecule has 0 aromatic heterocycles. The molecule has 0 atom stereocenters. The molecule has 0 saturated carbocycles. The molecule has 2 nitrogen and oxygen atoms in total. The fourth-order valence-electron chi connectivity index (χ4n) is 1.62. The van der Waals surface area contributed by atoms with Crippen molar-refractivity contribution >= 4 is 5.78 Å². The van der Waals surface area contributed by atoms with Gasteiger partial charge in [0, 0.05) is 11.1 Å². The Labute approximate surface area is 111 Å². The van der Waals surface area contributed by atoms with E-state index in [0.717, 1.165) is 24.3 Å². The average Bonchev–Trinajstić information content (AvgIpc) is 2.40. The van der Waals surface area contributed by atoms with Crippen molar-refractivity contribution in [2.75, 3.05) is 0 Å². The summed E-state index contributed by atoms with van der Waals surface area (Å²) in [4.78, 5) is 12.0. The van der Waals surface area contributed by atoms with E-state index in [-0.39, 0.29) is 16.9 Å². The summed E-state index contributed by atoms with van der Waals surface area (Å²) >= 11 is 0. The smallest absolute Gasteiger partial charge is 0.387 e. The van der Waals surface area contributed by atoms with Crippen molar-refractivity contribution in [3.8, 4) is 5.75 Å². The quantitative estimate of drug-likeness (QED) is 0.630. The van der Waals surface area contributed by atoms with E-state index >= 15 is 0 Å². The van der Waals surface area contributed by atoms with Crippen LogP contribution >= 0.6 is 0 Å². The predicted octanol–water partition coefficient (Wildman–Crippen LogP) is 3.80. The molecule has 6 heteroatoms. The summed E-state index contributed by atoms with van der Waals surface area (Å²) in [6, 6.07) is 7.76. The lowest BCUT2D eigenvalue weighted by atomic mass is 10.0. The number of halogens is 4. The van der Waals surface area contributed by atoms with Gasteiger partial charge in [0.15, 0.2) is 17.4 Å². The molecule has 0 unspecified atom stereocenters. The SMILES string of the molecule is O=C(c1cccc(OC(F)F)c1)c1ccc(F)c(F)c1. The van der Waals surface area contributed by atoms with Gasteiger partial charge in [-0.25, -0.2) is 8.78 Å². The van der Waals surface area contributed by atoms with Crippen LogP contribution in [0.25, 0.3) is 0 Å². The molecule has 104 valence electrons. The van der Waals surface area contributed by atoms with Gasteiger partial charge in [-0.1, -0.05) is 12.1 Å². The highest BCUT2D eigenvalue weighted by Crippen LogP contribution is 2.19. The van der Waals surface area contributed by atoms with Crippen molar-refractivity contribution in [1.82, 2.24) is 0 Å². The molecule has 2 aromatic carbocycles. The number of alkyl halides is 2. The Hall–Kier alpha value is -2.37. The molecule has 2 aromatic rings. The zero-order valence-electron chi connectivity index (χ0n) is 9.95. The van der Waals surface area contributed by atoms with Gasteiger partial charge in [0.05, 0.1) is 0 Å². The first-order valence-corrected chi connectivity index (χ1v) is 5.52. The topological polar surface area (TPSA) is 26.3 Å². The molecule has 0 bridgehead atoms. The van der Waals surface area contributed by atoms with Crippen LogP contribution < -0.4 is 4.74 Å². The van der Waals surface area contributed by atoms with Crippen molar-refractivity contribution in [1.29, 1.82) is 0 Å². The first kappa shape index (κ1) is 14.0. The Morgan fingerprint density at radius 3 is 2.30 bits per heavy atom. The maximum Gasteiger partial charge on any atom is 0.387 e. The lowest BCUT2D eigenvalue weighted by molar-refractivity contribution is -0.0498. The van der Waals surface area contributed by atoms with Gasteiger partial charge in [0.1, 0.15) is 5.75 Å². The third-order valence-corrected chi connectivity index (χ3v) is 2.50. The van der Waals surface area contributed by atoms with Gasteiger partial charge in [-0.2, -0.15) is 8.78 Å². The molecular weight excluding hydrogens is 276 g/mol. The largest absolute Gasteiger partial charge is 0.435 e. The standard InChI is InChI=1S/C14H8F4O2/c15-11-5-4-9(7-12(11)16)13(19)8-2-1-3-10(6-8)20-14(17)18/h1-7,14H. The molecule has 0 saturated heterocycles. The molecular formula is C14H8F4O2. The van der Waals surface area contributed by atoms with Gasteiger partial charge >= 0.3 is 6.61 Å². The lowest BCUT2D eigenvalue weighted by Crippen LogP contribution is -2.05. The van der Waals surface area contributed by atoms with Crippen LogP contribution in [0.5, 0.6) is 5.75 Å². The van der Waals surface area contributed by atoms with Crippen LogP contribution in [-0.2, 0) is 0 Å². The van der Waals surface area contributed by atoms with Crippen molar-refractivity contribution in [3.05, 3.63) is 65.2 Å². The summed E-state index contributed by atoms with van der Waals surface area (Å²) in [5, 5.41) is 0. The molecule has 0 fully saturated rings. The summed E-state index contributed by atoms with van der Waals surface area (Å²) in [6.45, 7) is -3.01. The van der Waals surface area contributed by atoms with Crippen molar-refractivity contribution in [2.45, 2.75) is 6.61 Å². The van der Waals surface area contributed by atoms with Crippen LogP contribution in [0.4, 0.5) is 17.6 Å². The summed E-state index contributed by atoms with van der Waals surface area (Å²) in [6.07, 6.45) is 0. The second kappa shape index (κ2) is 5.73. The highest BCUT2D eigenvalue weighted by molar-refractivity contribution is 6.09. The number of rotatable bonds is 4.